The van der Waals surface area contributed by atoms with Crippen LogP contribution in [0.25, 0.3) is 0 Å². The number of hydrogen-bond acceptors (Lipinski definition) is 3. The van der Waals surface area contributed by atoms with Gasteiger partial charge in [0.15, 0.2) is 5.96 Å². The molecule has 0 aromatic rings. The van der Waals surface area contributed by atoms with E-state index < -0.39 is 0 Å². The predicted molar refractivity (Wildman–Crippen MR) is 85.7 cm³/mol. The maximum absolute atomic E-state index is 5.89. The number of fused-ring (bicyclic) bond motifs is 2. The fourth-order valence-corrected chi connectivity index (χ4v) is 3.85. The van der Waals surface area contributed by atoms with Crippen molar-refractivity contribution in [3.63, 3.8) is 0 Å². The Balaban J connectivity index is 1.36. The molecule has 3 heterocycles. The summed E-state index contributed by atoms with van der Waals surface area (Å²) < 4.78 is 5.89. The van der Waals surface area contributed by atoms with Gasteiger partial charge in [-0.25, -0.2) is 0 Å². The molecule has 0 aliphatic carbocycles. The van der Waals surface area contributed by atoms with Gasteiger partial charge in [-0.1, -0.05) is 12.8 Å². The molecule has 2 bridgehead atoms. The van der Waals surface area contributed by atoms with Crippen LogP contribution >= 0.6 is 0 Å². The van der Waals surface area contributed by atoms with Crippen molar-refractivity contribution >= 4 is 5.96 Å². The van der Waals surface area contributed by atoms with Crippen LogP contribution in [0.1, 0.15) is 44.9 Å². The molecule has 120 valence electrons. The molecular weight excluding hydrogens is 264 g/mol. The highest BCUT2D eigenvalue weighted by Crippen LogP contribution is 2.34. The lowest BCUT2D eigenvalue weighted by Gasteiger charge is -2.24. The SMILES string of the molecule is CN=C(NCCN1CCCCCC1)NC1CC2CCC1O2. The third-order valence-corrected chi connectivity index (χ3v) is 5.07. The van der Waals surface area contributed by atoms with E-state index in [-0.39, 0.29) is 0 Å². The summed E-state index contributed by atoms with van der Waals surface area (Å²) in [6.45, 7) is 4.61. The van der Waals surface area contributed by atoms with Gasteiger partial charge in [-0.2, -0.15) is 0 Å². The van der Waals surface area contributed by atoms with Crippen LogP contribution in [0.3, 0.4) is 0 Å². The van der Waals surface area contributed by atoms with Gasteiger partial charge in [0, 0.05) is 20.1 Å². The van der Waals surface area contributed by atoms with E-state index in [1.807, 2.05) is 7.05 Å². The van der Waals surface area contributed by atoms with Crippen molar-refractivity contribution < 1.29 is 4.74 Å². The van der Waals surface area contributed by atoms with Crippen LogP contribution in [0.2, 0.25) is 0 Å². The molecule has 0 saturated carbocycles. The molecule has 5 heteroatoms. The molecule has 3 unspecified atom stereocenters. The highest BCUT2D eigenvalue weighted by atomic mass is 16.5. The average Bonchev–Trinajstić information content (AvgIpc) is 3.02. The van der Waals surface area contributed by atoms with E-state index in [1.54, 1.807) is 0 Å². The normalized spacial score (nSPS) is 34.0. The minimum Gasteiger partial charge on any atom is -0.373 e. The second-order valence-electron chi connectivity index (χ2n) is 6.62. The molecule has 2 N–H and O–H groups in total. The zero-order chi connectivity index (χ0) is 14.5. The highest BCUT2D eigenvalue weighted by molar-refractivity contribution is 5.80. The Morgan fingerprint density at radius 3 is 2.62 bits per heavy atom. The van der Waals surface area contributed by atoms with Gasteiger partial charge in [0.05, 0.1) is 18.2 Å². The van der Waals surface area contributed by atoms with E-state index in [0.29, 0.717) is 18.2 Å². The Morgan fingerprint density at radius 1 is 1.19 bits per heavy atom. The van der Waals surface area contributed by atoms with Gasteiger partial charge in [0.1, 0.15) is 0 Å². The zero-order valence-corrected chi connectivity index (χ0v) is 13.3. The van der Waals surface area contributed by atoms with Crippen molar-refractivity contribution in [2.24, 2.45) is 4.99 Å². The Labute approximate surface area is 128 Å². The van der Waals surface area contributed by atoms with E-state index in [0.717, 1.165) is 25.5 Å². The number of hydrogen-bond donors (Lipinski definition) is 2. The number of guanidine groups is 1. The van der Waals surface area contributed by atoms with Crippen LogP contribution in [0.15, 0.2) is 4.99 Å². The first kappa shape index (κ1) is 15.1. The van der Waals surface area contributed by atoms with Crippen molar-refractivity contribution in [3.8, 4) is 0 Å². The van der Waals surface area contributed by atoms with Crippen molar-refractivity contribution in [2.45, 2.75) is 63.2 Å². The standard InChI is InChI=1S/C16H30N4O/c1-17-16(19-14-12-13-6-7-15(14)21-13)18-8-11-20-9-4-2-3-5-10-20/h13-15H,2-12H2,1H3,(H2,17,18,19). The second-order valence-corrected chi connectivity index (χ2v) is 6.62. The smallest absolute Gasteiger partial charge is 0.191 e. The Hall–Kier alpha value is -0.810. The molecule has 0 aromatic heterocycles. The molecule has 3 saturated heterocycles. The van der Waals surface area contributed by atoms with Crippen molar-refractivity contribution in [1.82, 2.24) is 15.5 Å². The number of likely N-dealkylation sites (tertiary alicyclic amines) is 1. The average molecular weight is 294 g/mol. The highest BCUT2D eigenvalue weighted by Gasteiger charge is 2.41. The quantitative estimate of drug-likeness (QED) is 0.607. The molecule has 0 amide bonds. The lowest BCUT2D eigenvalue weighted by atomic mass is 9.96. The lowest BCUT2D eigenvalue weighted by molar-refractivity contribution is 0.0992. The van der Waals surface area contributed by atoms with E-state index in [9.17, 15) is 0 Å². The predicted octanol–water partition coefficient (Wildman–Crippen LogP) is 1.35. The molecule has 3 aliphatic rings. The minimum atomic E-state index is 0.402. The fraction of sp³-hybridized carbons (Fsp3) is 0.938. The van der Waals surface area contributed by atoms with Crippen molar-refractivity contribution in [2.75, 3.05) is 33.2 Å². The van der Waals surface area contributed by atoms with Crippen LogP contribution in [-0.4, -0.2) is 62.3 Å². The maximum atomic E-state index is 5.89. The molecule has 3 atom stereocenters. The van der Waals surface area contributed by atoms with E-state index in [1.165, 1.54) is 51.6 Å². The summed E-state index contributed by atoms with van der Waals surface area (Å²) in [5.74, 6) is 0.936. The van der Waals surface area contributed by atoms with Gasteiger partial charge < -0.3 is 20.3 Å². The summed E-state index contributed by atoms with van der Waals surface area (Å²) in [5.41, 5.74) is 0. The molecule has 3 rings (SSSR count). The van der Waals surface area contributed by atoms with E-state index in [4.69, 9.17) is 4.74 Å². The number of rotatable bonds is 4. The largest absolute Gasteiger partial charge is 0.373 e. The fourth-order valence-electron chi connectivity index (χ4n) is 3.85. The van der Waals surface area contributed by atoms with Gasteiger partial charge in [0.2, 0.25) is 0 Å². The summed E-state index contributed by atoms with van der Waals surface area (Å²) in [4.78, 5) is 6.93. The summed E-state index contributed by atoms with van der Waals surface area (Å²) >= 11 is 0. The Bertz CT molecular complexity index is 352. The summed E-state index contributed by atoms with van der Waals surface area (Å²) in [6, 6.07) is 0.452. The van der Waals surface area contributed by atoms with Crippen LogP contribution in [0.5, 0.6) is 0 Å². The van der Waals surface area contributed by atoms with Crippen LogP contribution in [-0.2, 0) is 4.74 Å². The molecule has 21 heavy (non-hydrogen) atoms. The Morgan fingerprint density at radius 2 is 2.00 bits per heavy atom. The third kappa shape index (κ3) is 4.10. The number of nitrogens with one attached hydrogen (secondary N) is 2. The third-order valence-electron chi connectivity index (χ3n) is 5.07. The molecule has 5 nitrogen and oxygen atoms in total. The van der Waals surface area contributed by atoms with Crippen LogP contribution < -0.4 is 10.6 Å². The minimum absolute atomic E-state index is 0.402. The van der Waals surface area contributed by atoms with Gasteiger partial charge in [-0.3, -0.25) is 4.99 Å². The zero-order valence-electron chi connectivity index (χ0n) is 13.3. The number of aliphatic imine (C=N–C) groups is 1. The van der Waals surface area contributed by atoms with Crippen molar-refractivity contribution in [3.05, 3.63) is 0 Å². The first-order valence-corrected chi connectivity index (χ1v) is 8.70. The van der Waals surface area contributed by atoms with Gasteiger partial charge >= 0.3 is 0 Å². The van der Waals surface area contributed by atoms with Crippen molar-refractivity contribution in [1.29, 1.82) is 0 Å². The van der Waals surface area contributed by atoms with Gasteiger partial charge in [-0.15, -0.1) is 0 Å². The van der Waals surface area contributed by atoms with Crippen LogP contribution in [0, 0.1) is 0 Å². The molecule has 3 fully saturated rings. The summed E-state index contributed by atoms with van der Waals surface area (Å²) in [6.07, 6.45) is 9.98. The molecule has 3 aliphatic heterocycles. The number of nitrogens with zero attached hydrogens (tertiary/aromatic N) is 2. The summed E-state index contributed by atoms with van der Waals surface area (Å²) in [7, 11) is 1.86. The topological polar surface area (TPSA) is 48.9 Å². The van der Waals surface area contributed by atoms with Gasteiger partial charge in [-0.05, 0) is 45.2 Å². The molecule has 0 spiro atoms. The first-order valence-electron chi connectivity index (χ1n) is 8.70. The Kier molecular flexibility index (Phi) is 5.36. The number of ether oxygens (including phenoxy) is 1. The molecular formula is C16H30N4O. The van der Waals surface area contributed by atoms with E-state index >= 15 is 0 Å². The lowest BCUT2D eigenvalue weighted by Crippen LogP contribution is -2.48. The maximum Gasteiger partial charge on any atom is 0.191 e. The van der Waals surface area contributed by atoms with E-state index in [2.05, 4.69) is 20.5 Å². The van der Waals surface area contributed by atoms with Crippen LogP contribution in [0.4, 0.5) is 0 Å². The first-order chi connectivity index (χ1) is 10.3. The molecule has 0 radical (unpaired) electrons. The van der Waals surface area contributed by atoms with Gasteiger partial charge in [0.25, 0.3) is 0 Å². The molecule has 0 aromatic carbocycles. The second kappa shape index (κ2) is 7.45. The monoisotopic (exact) mass is 294 g/mol. The summed E-state index contributed by atoms with van der Waals surface area (Å²) in [5, 5.41) is 7.01.